The number of benzene rings is 2. The van der Waals surface area contributed by atoms with Gasteiger partial charge in [-0.3, -0.25) is 0 Å². The lowest BCUT2D eigenvalue weighted by atomic mass is 9.91. The van der Waals surface area contributed by atoms with Crippen molar-refractivity contribution in [2.75, 3.05) is 13.2 Å². The van der Waals surface area contributed by atoms with E-state index in [0.717, 1.165) is 0 Å². The Morgan fingerprint density at radius 2 is 1.74 bits per heavy atom. The highest BCUT2D eigenvalue weighted by atomic mass is 35.5. The summed E-state index contributed by atoms with van der Waals surface area (Å²) in [6.45, 7) is 0.999. The SMILES string of the molecule is CCOC(=O)c1c(-c2ccc(Cl)cc2)c(C#N)c(=S)n([C@H]2O[C@@H](CO)[C@@H](O)[C@@H](O)[C@@H]2O)c1-c1ccccc1. The summed E-state index contributed by atoms with van der Waals surface area (Å²) >= 11 is 11.8. The second-order valence-electron chi connectivity index (χ2n) is 8.57. The molecule has 1 fully saturated rings. The highest BCUT2D eigenvalue weighted by Gasteiger charge is 2.46. The van der Waals surface area contributed by atoms with E-state index in [1.54, 1.807) is 61.5 Å². The summed E-state index contributed by atoms with van der Waals surface area (Å²) < 4.78 is 12.4. The predicted molar refractivity (Wildman–Crippen MR) is 141 cm³/mol. The van der Waals surface area contributed by atoms with Crippen LogP contribution in [0, 0.1) is 16.0 Å². The summed E-state index contributed by atoms with van der Waals surface area (Å²) in [5.74, 6) is -0.763. The van der Waals surface area contributed by atoms with Gasteiger partial charge in [-0.25, -0.2) is 4.79 Å². The number of halogens is 1. The number of pyridine rings is 1. The molecule has 2 aromatic carbocycles. The van der Waals surface area contributed by atoms with E-state index in [2.05, 4.69) is 6.07 Å². The average molecular weight is 557 g/mol. The zero-order chi connectivity index (χ0) is 27.6. The van der Waals surface area contributed by atoms with Crippen LogP contribution in [0.2, 0.25) is 5.02 Å². The molecule has 4 N–H and O–H groups in total. The Morgan fingerprint density at radius 3 is 2.32 bits per heavy atom. The number of ether oxygens (including phenoxy) is 2. The fraction of sp³-hybridized carbons (Fsp3) is 0.296. The third kappa shape index (κ3) is 4.98. The van der Waals surface area contributed by atoms with Crippen LogP contribution < -0.4 is 0 Å². The zero-order valence-electron chi connectivity index (χ0n) is 20.2. The van der Waals surface area contributed by atoms with Gasteiger partial charge in [0.25, 0.3) is 0 Å². The highest BCUT2D eigenvalue weighted by Crippen LogP contribution is 2.41. The van der Waals surface area contributed by atoms with E-state index in [9.17, 15) is 30.5 Å². The van der Waals surface area contributed by atoms with Crippen LogP contribution in [0.4, 0.5) is 0 Å². The van der Waals surface area contributed by atoms with Gasteiger partial charge in [-0.15, -0.1) is 0 Å². The molecule has 5 atom stereocenters. The molecule has 38 heavy (non-hydrogen) atoms. The molecular formula is C27H25ClN2O7S. The van der Waals surface area contributed by atoms with Gasteiger partial charge in [-0.05, 0) is 30.2 Å². The second-order valence-corrected chi connectivity index (χ2v) is 9.40. The van der Waals surface area contributed by atoms with Crippen molar-refractivity contribution in [1.82, 2.24) is 4.57 Å². The Balaban J connectivity index is 2.17. The minimum atomic E-state index is -1.73. The summed E-state index contributed by atoms with van der Waals surface area (Å²) in [5.41, 5.74) is 1.19. The average Bonchev–Trinajstić information content (AvgIpc) is 2.92. The smallest absolute Gasteiger partial charge is 0.340 e. The van der Waals surface area contributed by atoms with Crippen molar-refractivity contribution in [3.05, 3.63) is 75.4 Å². The van der Waals surface area contributed by atoms with Crippen molar-refractivity contribution in [3.8, 4) is 28.5 Å². The van der Waals surface area contributed by atoms with Gasteiger partial charge in [0.15, 0.2) is 6.23 Å². The van der Waals surface area contributed by atoms with E-state index in [1.165, 1.54) is 4.57 Å². The van der Waals surface area contributed by atoms with Gasteiger partial charge in [0.2, 0.25) is 0 Å². The fourth-order valence-corrected chi connectivity index (χ4v) is 4.99. The molecule has 2 heterocycles. The van der Waals surface area contributed by atoms with Crippen molar-refractivity contribution in [3.63, 3.8) is 0 Å². The standard InChI is InChI=1S/C27H25ClN2O7S/c1-2-36-27(35)20-19(14-8-10-16(28)11-9-14)17(12-29)26(38)30(21(20)15-6-4-3-5-7-15)25-24(34)23(33)22(32)18(13-31)37-25/h3-11,18,22-25,31-34H,2,13H2,1H3/t18-,22+,23+,24-,25-/m0/s1. The van der Waals surface area contributed by atoms with E-state index in [4.69, 9.17) is 33.3 Å². The van der Waals surface area contributed by atoms with Crippen LogP contribution >= 0.6 is 23.8 Å². The first-order chi connectivity index (χ1) is 18.2. The van der Waals surface area contributed by atoms with Crippen molar-refractivity contribution < 1.29 is 34.7 Å². The number of hydrogen-bond acceptors (Lipinski definition) is 9. The first-order valence-electron chi connectivity index (χ1n) is 11.8. The molecule has 9 nitrogen and oxygen atoms in total. The molecule has 0 bridgehead atoms. The van der Waals surface area contributed by atoms with Gasteiger partial charge in [-0.2, -0.15) is 5.26 Å². The number of aliphatic hydroxyl groups is 4. The lowest BCUT2D eigenvalue weighted by Crippen LogP contribution is -2.56. The molecule has 4 rings (SSSR count). The number of aliphatic hydroxyl groups excluding tert-OH is 4. The molecule has 1 saturated heterocycles. The molecule has 198 valence electrons. The number of nitriles is 1. The van der Waals surface area contributed by atoms with Crippen molar-refractivity contribution in [1.29, 1.82) is 5.26 Å². The lowest BCUT2D eigenvalue weighted by Gasteiger charge is -2.42. The summed E-state index contributed by atoms with van der Waals surface area (Å²) in [5, 5.41) is 52.3. The van der Waals surface area contributed by atoms with Gasteiger partial charge < -0.3 is 34.5 Å². The third-order valence-corrected chi connectivity index (χ3v) is 6.96. The molecule has 0 radical (unpaired) electrons. The summed E-state index contributed by atoms with van der Waals surface area (Å²) in [7, 11) is 0. The van der Waals surface area contributed by atoms with Gasteiger partial charge in [0.05, 0.1) is 30.0 Å². The first kappa shape index (κ1) is 27.9. The molecule has 1 aliphatic heterocycles. The van der Waals surface area contributed by atoms with E-state index >= 15 is 0 Å². The summed E-state index contributed by atoms with van der Waals surface area (Å²) in [6.07, 6.45) is -7.80. The maximum Gasteiger partial charge on any atom is 0.340 e. The Hall–Kier alpha value is -3.14. The number of aromatic nitrogens is 1. The van der Waals surface area contributed by atoms with Crippen molar-refractivity contribution in [2.45, 2.75) is 37.6 Å². The van der Waals surface area contributed by atoms with Crippen LogP contribution in [-0.2, 0) is 9.47 Å². The number of nitrogens with zero attached hydrogens (tertiary/aromatic N) is 2. The minimum absolute atomic E-state index is 0.0255. The van der Waals surface area contributed by atoms with Crippen molar-refractivity contribution >= 4 is 29.8 Å². The molecule has 1 aromatic heterocycles. The summed E-state index contributed by atoms with van der Waals surface area (Å²) in [6, 6.07) is 17.2. The number of carbonyl (C=O) groups is 1. The zero-order valence-corrected chi connectivity index (χ0v) is 21.8. The van der Waals surface area contributed by atoms with Crippen LogP contribution in [0.3, 0.4) is 0 Å². The van der Waals surface area contributed by atoms with Gasteiger partial charge >= 0.3 is 5.97 Å². The molecule has 0 saturated carbocycles. The van der Waals surface area contributed by atoms with Gasteiger partial charge in [0.1, 0.15) is 35.1 Å². The number of rotatable bonds is 6. The maximum atomic E-state index is 13.6. The topological polar surface area (TPSA) is 145 Å². The van der Waals surface area contributed by atoms with Crippen molar-refractivity contribution in [2.24, 2.45) is 0 Å². The number of esters is 1. The van der Waals surface area contributed by atoms with E-state index in [0.29, 0.717) is 16.1 Å². The minimum Gasteiger partial charge on any atom is -0.462 e. The molecule has 0 unspecified atom stereocenters. The predicted octanol–water partition coefficient (Wildman–Crippen LogP) is 3.23. The van der Waals surface area contributed by atoms with Gasteiger partial charge in [0, 0.05) is 10.6 Å². The quantitative estimate of drug-likeness (QED) is 0.265. The van der Waals surface area contributed by atoms with E-state index in [1.807, 2.05) is 0 Å². The van der Waals surface area contributed by atoms with Crippen LogP contribution in [0.1, 0.15) is 29.1 Å². The molecule has 0 aliphatic carbocycles. The van der Waals surface area contributed by atoms with Gasteiger partial charge in [-0.1, -0.05) is 66.3 Å². The summed E-state index contributed by atoms with van der Waals surface area (Å²) in [4.78, 5) is 13.6. The Bertz CT molecular complexity index is 1420. The number of hydrogen-bond donors (Lipinski definition) is 4. The molecule has 1 aliphatic rings. The maximum absolute atomic E-state index is 13.6. The monoisotopic (exact) mass is 556 g/mol. The van der Waals surface area contributed by atoms with Crippen LogP contribution in [0.15, 0.2) is 54.6 Å². The van der Waals surface area contributed by atoms with E-state index < -0.39 is 43.2 Å². The molecular weight excluding hydrogens is 532 g/mol. The third-order valence-electron chi connectivity index (χ3n) is 6.30. The van der Waals surface area contributed by atoms with Crippen LogP contribution in [-0.4, -0.2) is 68.6 Å². The largest absolute Gasteiger partial charge is 0.462 e. The second kappa shape index (κ2) is 11.7. The van der Waals surface area contributed by atoms with E-state index in [-0.39, 0.29) is 33.6 Å². The van der Waals surface area contributed by atoms with Crippen LogP contribution in [0.25, 0.3) is 22.4 Å². The molecule has 11 heteroatoms. The normalized spacial score (nSPS) is 23.0. The lowest BCUT2D eigenvalue weighted by molar-refractivity contribution is -0.251. The van der Waals surface area contributed by atoms with Crippen LogP contribution in [0.5, 0.6) is 0 Å². The molecule has 3 aromatic rings. The molecule has 0 amide bonds. The Labute approximate surface area is 228 Å². The Kier molecular flexibility index (Phi) is 8.60. The highest BCUT2D eigenvalue weighted by molar-refractivity contribution is 7.71. The Morgan fingerprint density at radius 1 is 1.08 bits per heavy atom. The molecule has 0 spiro atoms. The fourth-order valence-electron chi connectivity index (χ4n) is 4.52. The number of carbonyl (C=O) groups excluding carboxylic acids is 1. The first-order valence-corrected chi connectivity index (χ1v) is 12.5.